The van der Waals surface area contributed by atoms with E-state index in [1.165, 1.54) is 63.1 Å². The molecule has 0 saturated carbocycles. The van der Waals surface area contributed by atoms with Crippen molar-refractivity contribution >= 4 is 46.6 Å². The molecule has 1 aliphatic carbocycles. The Kier molecular flexibility index (Phi) is 19.4. The van der Waals surface area contributed by atoms with Crippen molar-refractivity contribution in [2.45, 2.75) is 84.8 Å². The Bertz CT molecular complexity index is 3150. The van der Waals surface area contributed by atoms with E-state index >= 15 is 0 Å². The topological polar surface area (TPSA) is 271 Å². The molecule has 6 aliphatic rings. The second-order valence-electron chi connectivity index (χ2n) is 21.8. The number of carbonyl (C=O) groups is 5. The maximum absolute atomic E-state index is 14.9. The molecule has 5 aliphatic heterocycles. The number of allylic oxidation sites excluding steroid dienone is 4. The first-order valence-electron chi connectivity index (χ1n) is 27.8. The Morgan fingerprint density at radius 3 is 2.23 bits per heavy atom. The molecule has 0 spiro atoms. The van der Waals surface area contributed by atoms with Crippen LogP contribution in [-0.2, 0) is 29.9 Å². The third-order valence-electron chi connectivity index (χ3n) is 16.3. The molecule has 2 fully saturated rings. The fourth-order valence-corrected chi connectivity index (χ4v) is 11.1. The number of ether oxygens (including phenoxy) is 5. The lowest BCUT2D eigenvalue weighted by Crippen LogP contribution is -2.52. The van der Waals surface area contributed by atoms with E-state index in [2.05, 4.69) is 15.6 Å². The number of alkyl halides is 3. The molecule has 0 unspecified atom stereocenters. The summed E-state index contributed by atoms with van der Waals surface area (Å²) in [5.74, 6) is -9.66. The SMILES string of the molecule is CO[C@H]1/C=C/O[C@@]2(C)Oc3c(C)c(O)c4c(c3C2=O)C(=O)C(N2CCOCC2)=C(NC(=O)/C(C)=C\C=C\[C@H](C)[C@H](O)[C@@H](C)[C@@H](O)[C@@H](C)[C@H](OC(=O)N2CCN(CCNc3ccc(C(=Nc5ccccc5)NO)cc3C(F)(F)F)CC2)[C@@H]1C)C4=O. The average Bonchev–Trinajstić information content (AvgIpc) is 1.61. The Hall–Kier alpha value is -7.61. The third-order valence-corrected chi connectivity index (χ3v) is 16.3. The third kappa shape index (κ3) is 13.0. The molecule has 21 nitrogen and oxygen atoms in total. The van der Waals surface area contributed by atoms with Gasteiger partial charge in [-0.1, -0.05) is 64.1 Å². The van der Waals surface area contributed by atoms with Crippen LogP contribution in [0.4, 0.5) is 29.3 Å². The zero-order chi connectivity index (χ0) is 60.9. The number of fused-ring (bicyclic) bond motifs is 14. The van der Waals surface area contributed by atoms with Crippen LogP contribution in [0.15, 0.2) is 101 Å². The van der Waals surface area contributed by atoms with Crippen molar-refractivity contribution in [1.29, 1.82) is 0 Å². The number of methoxy groups -OCH3 is 1. The van der Waals surface area contributed by atoms with E-state index in [1.807, 2.05) is 10.4 Å². The van der Waals surface area contributed by atoms with Gasteiger partial charge in [-0.05, 0) is 50.3 Å². The Morgan fingerprint density at radius 1 is 0.881 bits per heavy atom. The number of hydrogen-bond acceptors (Lipinski definition) is 18. The molecule has 2 amide bonds. The number of rotatable bonds is 9. The van der Waals surface area contributed by atoms with E-state index in [0.717, 1.165) is 12.3 Å². The maximum Gasteiger partial charge on any atom is 0.418 e. The molecule has 84 heavy (non-hydrogen) atoms. The zero-order valence-electron chi connectivity index (χ0n) is 48.0. The quantitative estimate of drug-likeness (QED) is 0.0670. The number of phenols is 1. The number of aromatic hydroxyl groups is 1. The predicted octanol–water partition coefficient (Wildman–Crippen LogP) is 6.67. The number of anilines is 1. The van der Waals surface area contributed by atoms with Crippen molar-refractivity contribution in [3.8, 4) is 11.5 Å². The standard InChI is InChI=1S/C60H72F3N7O14/c1-32-13-12-14-33(2)57(77)66-46-47(69-26-29-81-30-27-69)52(75)43-44(51(46)74)50(73)37(6)54-45(43)55(76)59(7,84-54)82-28-19-42(80-8)34(3)53(36(5)49(72)35(4)48(32)71)83-58(78)70-24-22-68(23-25-70)21-20-64-41-18-17-38(31-40(41)60(61,62)63)56(67-79)65-39-15-10-9-11-16-39/h9-19,28,31-32,34-36,42,48-49,53,64,71-73,79H,20-27,29-30H2,1-8H3,(H,65,67)(H,66,77)/b13-12+,28-19+,33-14-/t32-,34+,35+,36+,42-,48-,49+,53+,59-/m0/s1. The van der Waals surface area contributed by atoms with Gasteiger partial charge in [0.1, 0.15) is 29.0 Å². The molecule has 452 valence electrons. The number of amidine groups is 1. The van der Waals surface area contributed by atoms with Gasteiger partial charge in [-0.25, -0.2) is 9.79 Å². The number of phenolic OH excluding ortho intramolecular Hbond substituents is 1. The lowest BCUT2D eigenvalue weighted by molar-refractivity contribution is -0.137. The number of morpholine rings is 1. The Labute approximate surface area is 484 Å². The summed E-state index contributed by atoms with van der Waals surface area (Å²) in [6, 6.07) is 12.0. The van der Waals surface area contributed by atoms with Crippen molar-refractivity contribution in [2.75, 3.05) is 78.0 Å². The Morgan fingerprint density at radius 2 is 1.57 bits per heavy atom. The van der Waals surface area contributed by atoms with Crippen LogP contribution in [0.25, 0.3) is 0 Å². The number of ketones is 3. The van der Waals surface area contributed by atoms with Crippen LogP contribution in [0.5, 0.6) is 11.5 Å². The van der Waals surface area contributed by atoms with Crippen molar-refractivity contribution in [1.82, 2.24) is 25.5 Å². The molecule has 9 atom stereocenters. The number of carbonyl (C=O) groups excluding carboxylic acids is 5. The molecular weight excluding hydrogens is 1100 g/mol. The van der Waals surface area contributed by atoms with Crippen LogP contribution in [0.2, 0.25) is 0 Å². The van der Waals surface area contributed by atoms with Crippen molar-refractivity contribution in [3.05, 3.63) is 129 Å². The van der Waals surface area contributed by atoms with Gasteiger partial charge in [-0.15, -0.1) is 0 Å². The Balaban J connectivity index is 1.02. The van der Waals surface area contributed by atoms with E-state index in [4.69, 9.17) is 23.7 Å². The molecule has 3 aromatic carbocycles. The highest BCUT2D eigenvalue weighted by Crippen LogP contribution is 2.49. The summed E-state index contributed by atoms with van der Waals surface area (Å²) in [7, 11) is 1.39. The lowest BCUT2D eigenvalue weighted by atomic mass is 9.78. The van der Waals surface area contributed by atoms with Gasteiger partial charge in [0, 0.05) is 112 Å². The fraction of sp³-hybridized carbons (Fsp3) is 0.467. The number of Topliss-reactive ketones (excluding diaryl/α,β-unsaturated/α-hetero) is 3. The number of piperazine rings is 1. The number of para-hydroxylation sites is 1. The normalized spacial score (nSPS) is 28.2. The van der Waals surface area contributed by atoms with Crippen LogP contribution in [0.1, 0.15) is 89.3 Å². The van der Waals surface area contributed by atoms with Crippen molar-refractivity contribution < 1.29 is 81.4 Å². The van der Waals surface area contributed by atoms with E-state index in [1.54, 1.807) is 69.0 Å². The summed E-state index contributed by atoms with van der Waals surface area (Å²) in [6.45, 7) is 13.0. The number of halogens is 3. The summed E-state index contributed by atoms with van der Waals surface area (Å²) < 4.78 is 73.2. The van der Waals surface area contributed by atoms with Crippen molar-refractivity contribution in [3.63, 3.8) is 0 Å². The monoisotopic (exact) mass is 1170 g/mol. The molecule has 5 bridgehead atoms. The van der Waals surface area contributed by atoms with Crippen LogP contribution < -0.4 is 20.9 Å². The predicted molar refractivity (Wildman–Crippen MR) is 301 cm³/mol. The van der Waals surface area contributed by atoms with Gasteiger partial charge >= 0.3 is 18.1 Å². The summed E-state index contributed by atoms with van der Waals surface area (Å²) >= 11 is 0. The summed E-state index contributed by atoms with van der Waals surface area (Å²) in [6.07, 6.45) is -2.84. The number of amides is 2. The van der Waals surface area contributed by atoms with Gasteiger partial charge in [-0.3, -0.25) is 34.8 Å². The number of aliphatic imine (C=N–C) groups is 1. The highest BCUT2D eigenvalue weighted by molar-refractivity contribution is 6.32. The number of aliphatic hydroxyl groups is 2. The minimum Gasteiger partial charge on any atom is -0.507 e. The second-order valence-corrected chi connectivity index (χ2v) is 21.8. The summed E-state index contributed by atoms with van der Waals surface area (Å²) in [4.78, 5) is 81.6. The maximum atomic E-state index is 14.9. The first kappa shape index (κ1) is 62.4. The number of nitrogens with zero attached hydrogens (tertiary/aromatic N) is 4. The van der Waals surface area contributed by atoms with Crippen LogP contribution >= 0.6 is 0 Å². The molecule has 2 saturated heterocycles. The number of benzene rings is 3. The van der Waals surface area contributed by atoms with Gasteiger partial charge in [0.25, 0.3) is 11.7 Å². The van der Waals surface area contributed by atoms with Gasteiger partial charge in [-0.2, -0.15) is 13.2 Å². The minimum absolute atomic E-state index is 0.00816. The van der Waals surface area contributed by atoms with Crippen LogP contribution in [-0.4, -0.2) is 173 Å². The van der Waals surface area contributed by atoms with E-state index in [-0.39, 0.29) is 91.2 Å². The van der Waals surface area contributed by atoms with Crippen molar-refractivity contribution in [2.24, 2.45) is 28.7 Å². The first-order chi connectivity index (χ1) is 39.9. The molecule has 9 rings (SSSR count). The van der Waals surface area contributed by atoms with Gasteiger partial charge in [0.05, 0.1) is 65.7 Å². The number of aliphatic hydroxyl groups excluding tert-OH is 2. The molecule has 7 N–H and O–H groups in total. The first-order valence-corrected chi connectivity index (χ1v) is 27.8. The van der Waals surface area contributed by atoms with Gasteiger partial charge in [0.15, 0.2) is 5.84 Å². The van der Waals surface area contributed by atoms with Gasteiger partial charge < -0.3 is 59.4 Å². The number of hydrogen-bond donors (Lipinski definition) is 7. The summed E-state index contributed by atoms with van der Waals surface area (Å²) in [5, 5.41) is 50.7. The molecule has 0 aromatic heterocycles. The molecular formula is C60H72F3N7O14. The zero-order valence-corrected chi connectivity index (χ0v) is 48.0. The average molecular weight is 1170 g/mol. The smallest absolute Gasteiger partial charge is 0.418 e. The number of nitrogens with one attached hydrogen (secondary N) is 3. The molecule has 3 aromatic rings. The largest absolute Gasteiger partial charge is 0.507 e. The van der Waals surface area contributed by atoms with E-state index in [9.17, 15) is 57.7 Å². The second kappa shape index (κ2) is 26.1. The molecule has 24 heteroatoms. The fourth-order valence-electron chi connectivity index (χ4n) is 11.1. The minimum atomic E-state index is -4.75. The van der Waals surface area contributed by atoms with E-state index in [0.29, 0.717) is 25.3 Å². The van der Waals surface area contributed by atoms with Crippen LogP contribution in [0, 0.1) is 30.6 Å². The highest BCUT2D eigenvalue weighted by Gasteiger charge is 2.53. The molecule has 5 heterocycles. The number of hydroxylamine groups is 1. The van der Waals surface area contributed by atoms with E-state index < -0.39 is 118 Å². The molecule has 0 radical (unpaired) electrons. The highest BCUT2D eigenvalue weighted by atomic mass is 19.4. The lowest BCUT2D eigenvalue weighted by Gasteiger charge is -2.40. The van der Waals surface area contributed by atoms with Crippen LogP contribution in [0.3, 0.4) is 0 Å². The summed E-state index contributed by atoms with van der Waals surface area (Å²) in [5.41, 5.74) is -0.609. The van der Waals surface area contributed by atoms with Gasteiger partial charge in [0.2, 0.25) is 11.6 Å².